The molecule has 1 heterocycles. The Balaban J connectivity index is 2.49. The molecule has 2 aromatic rings. The number of allylic oxidation sites excluding steroid dienone is 2. The Morgan fingerprint density at radius 3 is 2.74 bits per heavy atom. The smallest absolute Gasteiger partial charge is 0.275 e. The number of nitro groups is 1. The molecule has 0 atom stereocenters. The van der Waals surface area contributed by atoms with E-state index in [0.717, 1.165) is 11.0 Å². The number of hydrogen-bond acceptors (Lipinski definition) is 3. The highest BCUT2D eigenvalue weighted by atomic mass is 16.6. The number of hydrogen-bond donors (Lipinski definition) is 0. The fourth-order valence-electron chi connectivity index (χ4n) is 2.00. The Hall–Kier alpha value is -2.36. The summed E-state index contributed by atoms with van der Waals surface area (Å²) in [5.41, 5.74) is 1.52. The van der Waals surface area contributed by atoms with E-state index in [0.29, 0.717) is 17.8 Å². The van der Waals surface area contributed by atoms with Crippen LogP contribution in [0.4, 0.5) is 0 Å². The zero-order valence-corrected chi connectivity index (χ0v) is 10.9. The van der Waals surface area contributed by atoms with Crippen molar-refractivity contribution in [3.63, 3.8) is 0 Å². The van der Waals surface area contributed by atoms with E-state index in [-0.39, 0.29) is 10.6 Å². The van der Waals surface area contributed by atoms with Crippen LogP contribution in [-0.4, -0.2) is 4.92 Å². The summed E-state index contributed by atoms with van der Waals surface area (Å²) in [5, 5.41) is 12.1. The second-order valence-corrected chi connectivity index (χ2v) is 4.14. The van der Waals surface area contributed by atoms with Gasteiger partial charge in [-0.25, -0.2) is 0 Å². The molecule has 0 saturated heterocycles. The average Bonchev–Trinajstić information content (AvgIpc) is 2.81. The second-order valence-electron chi connectivity index (χ2n) is 4.14. The monoisotopic (exact) mass is 257 g/mol. The highest BCUT2D eigenvalue weighted by Crippen LogP contribution is 2.23. The quantitative estimate of drug-likeness (QED) is 0.463. The molecule has 0 N–H and O–H groups in total. The maximum atomic E-state index is 11.1. The predicted molar refractivity (Wildman–Crippen MR) is 75.2 cm³/mol. The van der Waals surface area contributed by atoms with Gasteiger partial charge in [-0.05, 0) is 25.5 Å². The first-order chi connectivity index (χ1) is 9.15. The van der Waals surface area contributed by atoms with Crippen LogP contribution in [0.2, 0.25) is 0 Å². The normalized spacial score (nSPS) is 12.9. The lowest BCUT2D eigenvalue weighted by molar-refractivity contribution is -0.419. The molecule has 98 valence electrons. The minimum atomic E-state index is -0.369. The van der Waals surface area contributed by atoms with Crippen molar-refractivity contribution in [1.82, 2.24) is 0 Å². The molecular weight excluding hydrogens is 242 g/mol. The van der Waals surface area contributed by atoms with Crippen LogP contribution >= 0.6 is 0 Å². The SMILES string of the molecule is C/C=C(CC)\C(=C/c1cc2ccccc2o1)[N+](=O)[O-]. The molecule has 4 nitrogen and oxygen atoms in total. The Morgan fingerprint density at radius 2 is 2.16 bits per heavy atom. The molecule has 0 fully saturated rings. The van der Waals surface area contributed by atoms with Gasteiger partial charge in [0.2, 0.25) is 0 Å². The van der Waals surface area contributed by atoms with Crippen LogP contribution in [0.1, 0.15) is 26.0 Å². The fraction of sp³-hybridized carbons (Fsp3) is 0.200. The van der Waals surface area contributed by atoms with E-state index in [1.165, 1.54) is 6.08 Å². The van der Waals surface area contributed by atoms with Gasteiger partial charge in [-0.15, -0.1) is 0 Å². The molecule has 0 bridgehead atoms. The number of fused-ring (bicyclic) bond motifs is 1. The summed E-state index contributed by atoms with van der Waals surface area (Å²) >= 11 is 0. The molecule has 1 aromatic carbocycles. The van der Waals surface area contributed by atoms with Gasteiger partial charge < -0.3 is 4.42 Å². The third-order valence-electron chi connectivity index (χ3n) is 2.98. The van der Waals surface area contributed by atoms with Gasteiger partial charge in [0.05, 0.1) is 11.0 Å². The first-order valence-electron chi connectivity index (χ1n) is 6.16. The maximum absolute atomic E-state index is 11.1. The van der Waals surface area contributed by atoms with Crippen LogP contribution in [0.25, 0.3) is 17.0 Å². The van der Waals surface area contributed by atoms with Crippen LogP contribution in [0, 0.1) is 10.1 Å². The predicted octanol–water partition coefficient (Wildman–Crippen LogP) is 4.41. The van der Waals surface area contributed by atoms with Crippen LogP contribution in [-0.2, 0) is 0 Å². The molecule has 19 heavy (non-hydrogen) atoms. The molecule has 4 heteroatoms. The zero-order valence-electron chi connectivity index (χ0n) is 10.9. The standard InChI is InChI=1S/C15H15NO3/c1-3-11(4-2)14(16(17)18)10-13-9-12-7-5-6-8-15(12)19-13/h3,5-10H,4H2,1-2H3/b11-3-,14-10+. The molecule has 0 amide bonds. The lowest BCUT2D eigenvalue weighted by atomic mass is 10.1. The van der Waals surface area contributed by atoms with Crippen molar-refractivity contribution in [3.05, 3.63) is 63.6 Å². The van der Waals surface area contributed by atoms with Crippen molar-refractivity contribution in [2.45, 2.75) is 20.3 Å². The fourth-order valence-corrected chi connectivity index (χ4v) is 2.00. The molecule has 0 unspecified atom stereocenters. The number of benzene rings is 1. The molecule has 0 aliphatic heterocycles. The van der Waals surface area contributed by atoms with E-state index in [9.17, 15) is 10.1 Å². The zero-order chi connectivity index (χ0) is 13.8. The van der Waals surface area contributed by atoms with Gasteiger partial charge in [-0.1, -0.05) is 31.2 Å². The van der Waals surface area contributed by atoms with E-state index < -0.39 is 0 Å². The summed E-state index contributed by atoms with van der Waals surface area (Å²) < 4.78 is 5.58. The molecule has 0 aliphatic carbocycles. The molecule has 0 aliphatic rings. The number of nitrogens with zero attached hydrogens (tertiary/aromatic N) is 1. The molecule has 0 radical (unpaired) electrons. The Kier molecular flexibility index (Phi) is 3.80. The molecule has 0 spiro atoms. The highest BCUT2D eigenvalue weighted by Gasteiger charge is 2.16. The van der Waals surface area contributed by atoms with Crippen LogP contribution in [0.5, 0.6) is 0 Å². The average molecular weight is 257 g/mol. The first-order valence-corrected chi connectivity index (χ1v) is 6.16. The van der Waals surface area contributed by atoms with E-state index in [1.54, 1.807) is 13.0 Å². The second kappa shape index (κ2) is 5.52. The molecular formula is C15H15NO3. The van der Waals surface area contributed by atoms with Crippen molar-refractivity contribution in [3.8, 4) is 0 Å². The van der Waals surface area contributed by atoms with Gasteiger partial charge in [-0.3, -0.25) is 10.1 Å². The molecule has 0 saturated carbocycles. The van der Waals surface area contributed by atoms with Crippen LogP contribution < -0.4 is 0 Å². The van der Waals surface area contributed by atoms with E-state index in [1.807, 2.05) is 37.3 Å². The van der Waals surface area contributed by atoms with Crippen molar-refractivity contribution >= 4 is 17.0 Å². The van der Waals surface area contributed by atoms with Gasteiger partial charge >= 0.3 is 0 Å². The molecule has 2 rings (SSSR count). The Labute approximate surface area is 111 Å². The largest absolute Gasteiger partial charge is 0.456 e. The van der Waals surface area contributed by atoms with E-state index in [4.69, 9.17) is 4.42 Å². The summed E-state index contributed by atoms with van der Waals surface area (Å²) in [6.45, 7) is 3.69. The van der Waals surface area contributed by atoms with Gasteiger partial charge in [0.15, 0.2) is 0 Å². The molecule has 1 aromatic heterocycles. The first kappa shape index (κ1) is 13.1. The number of rotatable bonds is 4. The third-order valence-corrected chi connectivity index (χ3v) is 2.98. The maximum Gasteiger partial charge on any atom is 0.275 e. The van der Waals surface area contributed by atoms with Crippen molar-refractivity contribution in [2.24, 2.45) is 0 Å². The van der Waals surface area contributed by atoms with E-state index in [2.05, 4.69) is 0 Å². The Bertz CT molecular complexity index is 632. The lowest BCUT2D eigenvalue weighted by Crippen LogP contribution is -2.01. The van der Waals surface area contributed by atoms with Gasteiger partial charge in [0, 0.05) is 11.0 Å². The van der Waals surface area contributed by atoms with Crippen LogP contribution in [0.3, 0.4) is 0 Å². The highest BCUT2D eigenvalue weighted by molar-refractivity contribution is 5.80. The minimum absolute atomic E-state index is 0.0871. The van der Waals surface area contributed by atoms with E-state index >= 15 is 0 Å². The lowest BCUT2D eigenvalue weighted by Gasteiger charge is -1.99. The van der Waals surface area contributed by atoms with Gasteiger partial charge in [-0.2, -0.15) is 0 Å². The summed E-state index contributed by atoms with van der Waals surface area (Å²) in [6, 6.07) is 9.34. The van der Waals surface area contributed by atoms with Gasteiger partial charge in [0.1, 0.15) is 11.3 Å². The van der Waals surface area contributed by atoms with Crippen molar-refractivity contribution < 1.29 is 9.34 Å². The van der Waals surface area contributed by atoms with Crippen molar-refractivity contribution in [2.75, 3.05) is 0 Å². The summed E-state index contributed by atoms with van der Waals surface area (Å²) in [5.74, 6) is 0.501. The van der Waals surface area contributed by atoms with Crippen molar-refractivity contribution in [1.29, 1.82) is 0 Å². The number of furan rings is 1. The summed E-state index contributed by atoms with van der Waals surface area (Å²) in [4.78, 5) is 10.8. The minimum Gasteiger partial charge on any atom is -0.456 e. The topological polar surface area (TPSA) is 56.3 Å². The number of para-hydroxylation sites is 1. The van der Waals surface area contributed by atoms with Crippen LogP contribution in [0.15, 0.2) is 52.1 Å². The third kappa shape index (κ3) is 2.73. The van der Waals surface area contributed by atoms with Gasteiger partial charge in [0.25, 0.3) is 5.70 Å². The summed E-state index contributed by atoms with van der Waals surface area (Å²) in [7, 11) is 0. The Morgan fingerprint density at radius 1 is 1.42 bits per heavy atom. The summed E-state index contributed by atoms with van der Waals surface area (Å²) in [6.07, 6.45) is 3.86.